The van der Waals surface area contributed by atoms with E-state index in [2.05, 4.69) is 73.8 Å². The van der Waals surface area contributed by atoms with Gasteiger partial charge in [-0.15, -0.1) is 0 Å². The molecule has 0 fully saturated rings. The van der Waals surface area contributed by atoms with Gasteiger partial charge >= 0.3 is 0 Å². The summed E-state index contributed by atoms with van der Waals surface area (Å²) in [5, 5.41) is 3.43. The second-order valence-corrected chi connectivity index (χ2v) is 5.70. The molecule has 0 saturated heterocycles. The Kier molecular flexibility index (Phi) is 3.60. The van der Waals surface area contributed by atoms with Gasteiger partial charge in [0.15, 0.2) is 0 Å². The molecule has 0 saturated carbocycles. The largest absolute Gasteiger partial charge is 0.383 e. The normalized spacial score (nSPS) is 13.3. The third kappa shape index (κ3) is 2.62. The molecular weight excluding hydrogens is 242 g/mol. The number of hydrogen-bond donors (Lipinski definition) is 1. The lowest BCUT2D eigenvalue weighted by atomic mass is 9.90. The van der Waals surface area contributed by atoms with Gasteiger partial charge in [0.25, 0.3) is 0 Å². The van der Waals surface area contributed by atoms with Crippen LogP contribution in [0.25, 0.3) is 17.2 Å². The van der Waals surface area contributed by atoms with Crippen molar-refractivity contribution >= 4 is 11.8 Å². The molecule has 0 spiro atoms. The predicted octanol–water partition coefficient (Wildman–Crippen LogP) is 5.13. The van der Waals surface area contributed by atoms with Gasteiger partial charge < -0.3 is 5.32 Å². The molecular formula is C19H21N. The fraction of sp³-hybridized carbons (Fsp3) is 0.263. The van der Waals surface area contributed by atoms with Crippen LogP contribution in [0, 0.1) is 0 Å². The first-order chi connectivity index (χ1) is 9.74. The van der Waals surface area contributed by atoms with Crippen LogP contribution in [-0.2, 0) is 6.42 Å². The molecule has 0 aliphatic heterocycles. The molecule has 1 aliphatic carbocycles. The number of nitrogens with one attached hydrogen (secondary N) is 1. The first-order valence-corrected chi connectivity index (χ1v) is 7.39. The molecule has 0 radical (unpaired) electrons. The predicted molar refractivity (Wildman–Crippen MR) is 88.0 cm³/mol. The quantitative estimate of drug-likeness (QED) is 0.809. The molecule has 0 aromatic heterocycles. The molecule has 20 heavy (non-hydrogen) atoms. The van der Waals surface area contributed by atoms with Crippen molar-refractivity contribution in [1.82, 2.24) is 0 Å². The van der Waals surface area contributed by atoms with Gasteiger partial charge in [0.2, 0.25) is 0 Å². The van der Waals surface area contributed by atoms with Gasteiger partial charge in [-0.25, -0.2) is 0 Å². The number of aryl methyl sites for hydroxylation is 1. The summed E-state index contributed by atoms with van der Waals surface area (Å²) in [7, 11) is 0. The number of benzene rings is 2. The van der Waals surface area contributed by atoms with Crippen LogP contribution in [0.2, 0.25) is 0 Å². The van der Waals surface area contributed by atoms with E-state index in [1.165, 1.54) is 27.9 Å². The highest BCUT2D eigenvalue weighted by atomic mass is 14.9. The van der Waals surface area contributed by atoms with Gasteiger partial charge in [-0.3, -0.25) is 0 Å². The average molecular weight is 263 g/mol. The van der Waals surface area contributed by atoms with Crippen molar-refractivity contribution in [3.8, 4) is 11.1 Å². The van der Waals surface area contributed by atoms with Crippen molar-refractivity contribution in [2.45, 2.75) is 32.7 Å². The van der Waals surface area contributed by atoms with Crippen molar-refractivity contribution in [2.75, 3.05) is 5.32 Å². The maximum atomic E-state index is 3.43. The highest BCUT2D eigenvalue weighted by Gasteiger charge is 2.10. The van der Waals surface area contributed by atoms with Crippen LogP contribution in [0.3, 0.4) is 0 Å². The smallest absolute Gasteiger partial charge is 0.0342 e. The van der Waals surface area contributed by atoms with E-state index < -0.39 is 0 Å². The van der Waals surface area contributed by atoms with Crippen LogP contribution < -0.4 is 5.32 Å². The minimum Gasteiger partial charge on any atom is -0.383 e. The molecule has 1 aliphatic rings. The zero-order valence-corrected chi connectivity index (χ0v) is 12.2. The van der Waals surface area contributed by atoms with Crippen LogP contribution in [0.5, 0.6) is 0 Å². The lowest BCUT2D eigenvalue weighted by Gasteiger charge is -2.16. The average Bonchev–Trinajstić information content (AvgIpc) is 2.47. The Hall–Kier alpha value is -2.02. The van der Waals surface area contributed by atoms with Crippen molar-refractivity contribution in [3.05, 3.63) is 59.7 Å². The summed E-state index contributed by atoms with van der Waals surface area (Å²) >= 11 is 0. The minimum atomic E-state index is 0.466. The van der Waals surface area contributed by atoms with Gasteiger partial charge in [0.1, 0.15) is 0 Å². The van der Waals surface area contributed by atoms with Crippen LogP contribution in [0.15, 0.2) is 48.5 Å². The summed E-state index contributed by atoms with van der Waals surface area (Å²) in [6, 6.07) is 15.9. The van der Waals surface area contributed by atoms with E-state index in [0.29, 0.717) is 6.04 Å². The van der Waals surface area contributed by atoms with Gasteiger partial charge in [-0.2, -0.15) is 0 Å². The highest BCUT2D eigenvalue weighted by molar-refractivity contribution is 5.78. The van der Waals surface area contributed by atoms with E-state index in [4.69, 9.17) is 0 Å². The summed E-state index contributed by atoms with van der Waals surface area (Å²) in [6.07, 6.45) is 6.87. The second kappa shape index (κ2) is 5.54. The summed E-state index contributed by atoms with van der Waals surface area (Å²) in [5.41, 5.74) is 6.68. The molecule has 0 bridgehead atoms. The first kappa shape index (κ1) is 13.0. The van der Waals surface area contributed by atoms with Crippen LogP contribution in [0.4, 0.5) is 5.69 Å². The molecule has 3 rings (SSSR count). The maximum absolute atomic E-state index is 3.43. The summed E-state index contributed by atoms with van der Waals surface area (Å²) in [6.45, 7) is 4.32. The minimum absolute atomic E-state index is 0.466. The van der Waals surface area contributed by atoms with Crippen molar-refractivity contribution in [3.63, 3.8) is 0 Å². The fourth-order valence-electron chi connectivity index (χ4n) is 2.80. The number of fused-ring (bicyclic) bond motifs is 1. The molecule has 102 valence electrons. The fourth-order valence-corrected chi connectivity index (χ4v) is 2.80. The summed E-state index contributed by atoms with van der Waals surface area (Å²) in [4.78, 5) is 0. The third-order valence-electron chi connectivity index (χ3n) is 3.71. The molecule has 1 nitrogen and oxygen atoms in total. The molecule has 1 heteroatoms. The van der Waals surface area contributed by atoms with E-state index >= 15 is 0 Å². The Morgan fingerprint density at radius 1 is 1.00 bits per heavy atom. The molecule has 2 aromatic rings. The zero-order valence-electron chi connectivity index (χ0n) is 12.2. The summed E-state index contributed by atoms with van der Waals surface area (Å²) in [5.74, 6) is 0. The lowest BCUT2D eigenvalue weighted by molar-refractivity contribution is 0.900. The zero-order chi connectivity index (χ0) is 13.9. The van der Waals surface area contributed by atoms with E-state index in [-0.39, 0.29) is 0 Å². The van der Waals surface area contributed by atoms with Crippen LogP contribution in [0.1, 0.15) is 31.4 Å². The van der Waals surface area contributed by atoms with E-state index in [0.717, 1.165) is 12.8 Å². The Morgan fingerprint density at radius 2 is 1.80 bits per heavy atom. The Labute approximate surface area is 121 Å². The monoisotopic (exact) mass is 263 g/mol. The molecule has 0 heterocycles. The number of allylic oxidation sites excluding steroid dienone is 1. The van der Waals surface area contributed by atoms with Crippen LogP contribution in [-0.4, -0.2) is 6.04 Å². The lowest BCUT2D eigenvalue weighted by Crippen LogP contribution is -2.09. The Balaban J connectivity index is 1.96. The second-order valence-electron chi connectivity index (χ2n) is 5.70. The van der Waals surface area contributed by atoms with Gasteiger partial charge in [-0.1, -0.05) is 42.5 Å². The SMILES string of the molecule is CC(C)Nc1ccc(-c2cccc3c2C=CCC3)cc1. The topological polar surface area (TPSA) is 12.0 Å². The summed E-state index contributed by atoms with van der Waals surface area (Å²) < 4.78 is 0. The van der Waals surface area contributed by atoms with Gasteiger partial charge in [0, 0.05) is 11.7 Å². The maximum Gasteiger partial charge on any atom is 0.0342 e. The molecule has 0 atom stereocenters. The molecule has 0 amide bonds. The first-order valence-electron chi connectivity index (χ1n) is 7.39. The number of rotatable bonds is 3. The van der Waals surface area contributed by atoms with Gasteiger partial charge in [-0.05, 0) is 61.1 Å². The van der Waals surface area contributed by atoms with Crippen LogP contribution >= 0.6 is 0 Å². The number of anilines is 1. The number of hydrogen-bond acceptors (Lipinski definition) is 1. The van der Waals surface area contributed by atoms with E-state index in [1.54, 1.807) is 0 Å². The van der Waals surface area contributed by atoms with E-state index in [9.17, 15) is 0 Å². The third-order valence-corrected chi connectivity index (χ3v) is 3.71. The Morgan fingerprint density at radius 3 is 2.55 bits per heavy atom. The standard InChI is InChI=1S/C19H21N/c1-14(2)20-17-12-10-16(11-13-17)19-9-5-7-15-6-3-4-8-18(15)19/h4-5,7-14,20H,3,6H2,1-2H3. The van der Waals surface area contributed by atoms with Crippen molar-refractivity contribution in [1.29, 1.82) is 0 Å². The van der Waals surface area contributed by atoms with Crippen molar-refractivity contribution < 1.29 is 0 Å². The van der Waals surface area contributed by atoms with E-state index in [1.807, 2.05) is 0 Å². The van der Waals surface area contributed by atoms with Gasteiger partial charge in [0.05, 0.1) is 0 Å². The Bertz CT molecular complexity index is 621. The molecule has 0 unspecified atom stereocenters. The molecule has 2 aromatic carbocycles. The molecule has 1 N–H and O–H groups in total. The highest BCUT2D eigenvalue weighted by Crippen LogP contribution is 2.31. The van der Waals surface area contributed by atoms with Crippen molar-refractivity contribution in [2.24, 2.45) is 0 Å².